The van der Waals surface area contributed by atoms with Crippen LogP contribution in [0.15, 0.2) is 34.2 Å². The summed E-state index contributed by atoms with van der Waals surface area (Å²) in [7, 11) is 1.61. The molecule has 1 aliphatic heterocycles. The first-order valence-corrected chi connectivity index (χ1v) is 15.8. The summed E-state index contributed by atoms with van der Waals surface area (Å²) < 4.78 is 41.4. The van der Waals surface area contributed by atoms with Gasteiger partial charge >= 0.3 is 0 Å². The number of methoxy groups -OCH3 is 1. The van der Waals surface area contributed by atoms with Crippen molar-refractivity contribution < 1.29 is 23.2 Å². The molecule has 0 aliphatic carbocycles. The molecule has 0 spiro atoms. The minimum Gasteiger partial charge on any atom is -0.598 e. The maximum atomic E-state index is 13.1. The lowest BCUT2D eigenvalue weighted by Gasteiger charge is -2.38. The van der Waals surface area contributed by atoms with E-state index in [2.05, 4.69) is 14.8 Å². The molecule has 13 heteroatoms. The van der Waals surface area contributed by atoms with Gasteiger partial charge in [-0.3, -0.25) is 0 Å². The molecule has 1 aliphatic rings. The van der Waals surface area contributed by atoms with Crippen LogP contribution in [0.2, 0.25) is 0 Å². The van der Waals surface area contributed by atoms with Gasteiger partial charge in [-0.15, -0.1) is 16.1 Å². The largest absolute Gasteiger partial charge is 0.598 e. The number of nitrogens with zero attached hydrogens (tertiary/aromatic N) is 4. The smallest absolute Gasteiger partial charge is 0.212 e. The first-order chi connectivity index (χ1) is 19.1. The van der Waals surface area contributed by atoms with Crippen LogP contribution in [-0.4, -0.2) is 49.2 Å². The SMILES string of the molecule is COc1cc(OCc2csc(C3(N[S+]([O-])C(C)(C)C)CCOCC3)n2)c2cc(-c3cn4nc(C)sc4n3)oc2c1. The first-order valence-electron chi connectivity index (χ1n) is 12.9. The van der Waals surface area contributed by atoms with Crippen molar-refractivity contribution in [3.05, 3.63) is 45.5 Å². The van der Waals surface area contributed by atoms with E-state index in [0.29, 0.717) is 54.6 Å². The summed E-state index contributed by atoms with van der Waals surface area (Å²) >= 11 is 1.84. The van der Waals surface area contributed by atoms with Crippen LogP contribution in [0.5, 0.6) is 11.5 Å². The van der Waals surface area contributed by atoms with Gasteiger partial charge in [-0.05, 0) is 46.6 Å². The Balaban J connectivity index is 1.25. The fourth-order valence-electron chi connectivity index (χ4n) is 4.52. The highest BCUT2D eigenvalue weighted by Gasteiger charge is 2.44. The summed E-state index contributed by atoms with van der Waals surface area (Å²) in [5.41, 5.74) is 1.64. The molecule has 0 bridgehead atoms. The molecule has 0 radical (unpaired) electrons. The number of nitrogens with one attached hydrogen (secondary N) is 1. The molecule has 1 aromatic carbocycles. The highest BCUT2D eigenvalue weighted by molar-refractivity contribution is 7.90. The Kier molecular flexibility index (Phi) is 7.30. The normalized spacial score (nSPS) is 16.6. The lowest BCUT2D eigenvalue weighted by molar-refractivity contribution is 0.0455. The number of imidazole rings is 1. The van der Waals surface area contributed by atoms with Crippen LogP contribution in [0.3, 0.4) is 0 Å². The minimum atomic E-state index is -1.24. The topological polar surface area (TPSA) is 119 Å². The molecular weight excluding hydrogens is 571 g/mol. The maximum Gasteiger partial charge on any atom is 0.212 e. The summed E-state index contributed by atoms with van der Waals surface area (Å²) in [5, 5.41) is 9.10. The average molecular weight is 602 g/mol. The van der Waals surface area contributed by atoms with Gasteiger partial charge in [0.1, 0.15) is 49.7 Å². The summed E-state index contributed by atoms with van der Waals surface area (Å²) in [6.07, 6.45) is 3.27. The zero-order chi connectivity index (χ0) is 28.1. The molecule has 10 nitrogen and oxygen atoms in total. The molecule has 1 N–H and O–H groups in total. The number of aromatic nitrogens is 4. The fourth-order valence-corrected chi connectivity index (χ4v) is 7.29. The van der Waals surface area contributed by atoms with Crippen molar-refractivity contribution in [1.29, 1.82) is 0 Å². The van der Waals surface area contributed by atoms with Gasteiger partial charge in [0.25, 0.3) is 0 Å². The second-order valence-electron chi connectivity index (χ2n) is 10.7. The van der Waals surface area contributed by atoms with Crippen LogP contribution in [0.25, 0.3) is 27.4 Å². The van der Waals surface area contributed by atoms with Crippen molar-refractivity contribution in [2.75, 3.05) is 20.3 Å². The zero-order valence-electron chi connectivity index (χ0n) is 23.0. The van der Waals surface area contributed by atoms with E-state index in [1.165, 1.54) is 11.3 Å². The number of benzene rings is 1. The number of thiazole rings is 1. The number of aryl methyl sites for hydroxylation is 1. The molecule has 0 saturated carbocycles. The molecule has 40 heavy (non-hydrogen) atoms. The number of hydrogen-bond donors (Lipinski definition) is 1. The molecule has 6 rings (SSSR count). The maximum absolute atomic E-state index is 13.1. The number of hydrogen-bond acceptors (Lipinski definition) is 11. The van der Waals surface area contributed by atoms with Gasteiger partial charge in [-0.2, -0.15) is 5.10 Å². The van der Waals surface area contributed by atoms with Crippen molar-refractivity contribution in [3.8, 4) is 23.0 Å². The summed E-state index contributed by atoms with van der Waals surface area (Å²) in [6.45, 7) is 9.30. The van der Waals surface area contributed by atoms with Crippen molar-refractivity contribution in [3.63, 3.8) is 0 Å². The molecule has 5 aromatic rings. The molecule has 1 unspecified atom stereocenters. The molecule has 1 fully saturated rings. The Morgan fingerprint density at radius 1 is 1.20 bits per heavy atom. The molecule has 212 valence electrons. The number of fused-ring (bicyclic) bond motifs is 2. The van der Waals surface area contributed by atoms with Crippen molar-refractivity contribution in [2.24, 2.45) is 0 Å². The average Bonchev–Trinajstić information content (AvgIpc) is 3.70. The van der Waals surface area contributed by atoms with E-state index in [-0.39, 0.29) is 6.61 Å². The molecule has 0 amide bonds. The van der Waals surface area contributed by atoms with E-state index >= 15 is 0 Å². The predicted octanol–water partition coefficient (Wildman–Crippen LogP) is 5.61. The lowest BCUT2D eigenvalue weighted by atomic mass is 9.92. The van der Waals surface area contributed by atoms with Gasteiger partial charge in [-0.1, -0.05) is 11.3 Å². The molecular formula is C27H31N5O5S3. The third-order valence-electron chi connectivity index (χ3n) is 6.73. The quantitative estimate of drug-likeness (QED) is 0.226. The highest BCUT2D eigenvalue weighted by Crippen LogP contribution is 2.39. The fraction of sp³-hybridized carbons (Fsp3) is 0.444. The lowest BCUT2D eigenvalue weighted by Crippen LogP contribution is -2.53. The number of furan rings is 1. The Morgan fingerprint density at radius 3 is 2.73 bits per heavy atom. The van der Waals surface area contributed by atoms with E-state index in [1.54, 1.807) is 23.0 Å². The van der Waals surface area contributed by atoms with Crippen molar-refractivity contribution in [2.45, 2.75) is 57.4 Å². The van der Waals surface area contributed by atoms with E-state index in [0.717, 1.165) is 26.1 Å². The minimum absolute atomic E-state index is 0.262. The first kappa shape index (κ1) is 27.5. The standard InChI is InChI=1S/C27H31N5O5S3/c1-16-30-32-13-20(29-25(32)39-16)23-12-19-21(10-18(34-5)11-22(19)37-23)36-14-17-15-38-24(28-17)27(6-8-35-9-7-27)31-40(33)26(2,3)4/h10-13,15,31H,6-9,14H2,1-5H3. The zero-order valence-corrected chi connectivity index (χ0v) is 25.4. The number of rotatable bonds is 8. The van der Waals surface area contributed by atoms with Gasteiger partial charge in [0.2, 0.25) is 4.96 Å². The monoisotopic (exact) mass is 601 g/mol. The van der Waals surface area contributed by atoms with Gasteiger partial charge in [0.05, 0.1) is 24.4 Å². The second kappa shape index (κ2) is 10.6. The van der Waals surface area contributed by atoms with Crippen LogP contribution in [-0.2, 0) is 28.2 Å². The Hall–Kier alpha value is -2.68. The summed E-state index contributed by atoms with van der Waals surface area (Å²) in [4.78, 5) is 10.4. The Morgan fingerprint density at radius 2 is 2.00 bits per heavy atom. The number of ether oxygens (including phenoxy) is 3. The van der Waals surface area contributed by atoms with Crippen LogP contribution in [0.4, 0.5) is 0 Å². The van der Waals surface area contributed by atoms with Crippen LogP contribution >= 0.6 is 22.7 Å². The van der Waals surface area contributed by atoms with Crippen LogP contribution < -0.4 is 14.2 Å². The van der Waals surface area contributed by atoms with Gasteiger partial charge in [0.15, 0.2) is 5.76 Å². The van der Waals surface area contributed by atoms with E-state index in [1.807, 2.05) is 57.5 Å². The van der Waals surface area contributed by atoms with Crippen molar-refractivity contribution in [1.82, 2.24) is 24.3 Å². The third-order valence-corrected chi connectivity index (χ3v) is 10.4. The van der Waals surface area contributed by atoms with E-state index < -0.39 is 21.6 Å². The summed E-state index contributed by atoms with van der Waals surface area (Å²) in [6, 6.07) is 5.61. The van der Waals surface area contributed by atoms with Gasteiger partial charge < -0.3 is 23.2 Å². The van der Waals surface area contributed by atoms with Crippen molar-refractivity contribution >= 4 is 50.0 Å². The summed E-state index contributed by atoms with van der Waals surface area (Å²) in [5.74, 6) is 1.88. The molecule has 4 aromatic heterocycles. The van der Waals surface area contributed by atoms with Gasteiger partial charge in [-0.25, -0.2) is 14.5 Å². The highest BCUT2D eigenvalue weighted by atomic mass is 32.2. The Bertz CT molecular complexity index is 1610. The molecule has 1 saturated heterocycles. The molecule has 1 atom stereocenters. The Labute approximate surface area is 243 Å². The third kappa shape index (κ3) is 5.33. The van der Waals surface area contributed by atoms with Crippen LogP contribution in [0.1, 0.15) is 49.3 Å². The van der Waals surface area contributed by atoms with Crippen LogP contribution in [0, 0.1) is 6.92 Å². The molecule has 5 heterocycles. The van der Waals surface area contributed by atoms with Gasteiger partial charge in [0, 0.05) is 42.1 Å². The predicted molar refractivity (Wildman–Crippen MR) is 157 cm³/mol. The van der Waals surface area contributed by atoms with E-state index in [4.69, 9.17) is 23.6 Å². The second-order valence-corrected chi connectivity index (χ2v) is 14.7. The van der Waals surface area contributed by atoms with E-state index in [9.17, 15) is 4.55 Å².